The highest BCUT2D eigenvalue weighted by atomic mass is 35.5. The SMILES string of the molecule is O=C(O)C(=Cc1ccccc1)CCCl. The summed E-state index contributed by atoms with van der Waals surface area (Å²) in [6.07, 6.45) is 2.02. The van der Waals surface area contributed by atoms with Crippen LogP contribution in [0.2, 0.25) is 0 Å². The molecule has 1 aromatic carbocycles. The van der Waals surface area contributed by atoms with Crippen LogP contribution in [-0.2, 0) is 4.79 Å². The van der Waals surface area contributed by atoms with Gasteiger partial charge in [0.2, 0.25) is 0 Å². The molecule has 1 rings (SSSR count). The number of carboxylic acids is 1. The molecule has 74 valence electrons. The van der Waals surface area contributed by atoms with Gasteiger partial charge >= 0.3 is 5.97 Å². The minimum absolute atomic E-state index is 0.324. The van der Waals surface area contributed by atoms with E-state index in [9.17, 15) is 4.79 Å². The van der Waals surface area contributed by atoms with Crippen LogP contribution in [0.4, 0.5) is 0 Å². The van der Waals surface area contributed by atoms with Crippen molar-refractivity contribution >= 4 is 23.6 Å². The molecular weight excluding hydrogens is 200 g/mol. The Labute approximate surface area is 87.8 Å². The number of rotatable bonds is 4. The van der Waals surface area contributed by atoms with E-state index in [1.54, 1.807) is 6.08 Å². The van der Waals surface area contributed by atoms with Gasteiger partial charge in [-0.1, -0.05) is 30.3 Å². The lowest BCUT2D eigenvalue weighted by Crippen LogP contribution is -2.00. The summed E-state index contributed by atoms with van der Waals surface area (Å²) in [5.74, 6) is -0.583. The highest BCUT2D eigenvalue weighted by molar-refractivity contribution is 6.18. The van der Waals surface area contributed by atoms with E-state index in [0.29, 0.717) is 17.9 Å². The number of carboxylic acid groups (broad SMARTS) is 1. The Morgan fingerprint density at radius 3 is 2.50 bits per heavy atom. The summed E-state index contributed by atoms with van der Waals surface area (Å²) in [6.45, 7) is 0. The number of hydrogen-bond donors (Lipinski definition) is 1. The van der Waals surface area contributed by atoms with Gasteiger partial charge in [0.05, 0.1) is 0 Å². The summed E-state index contributed by atoms with van der Waals surface area (Å²) in [5, 5.41) is 8.84. The van der Waals surface area contributed by atoms with E-state index in [-0.39, 0.29) is 0 Å². The maximum absolute atomic E-state index is 10.8. The van der Waals surface area contributed by atoms with E-state index in [1.165, 1.54) is 0 Å². The van der Waals surface area contributed by atoms with E-state index < -0.39 is 5.97 Å². The molecule has 0 amide bonds. The van der Waals surface area contributed by atoms with Crippen LogP contribution in [0.5, 0.6) is 0 Å². The topological polar surface area (TPSA) is 37.3 Å². The Morgan fingerprint density at radius 1 is 1.36 bits per heavy atom. The largest absolute Gasteiger partial charge is 0.478 e. The lowest BCUT2D eigenvalue weighted by molar-refractivity contribution is -0.132. The van der Waals surface area contributed by atoms with E-state index >= 15 is 0 Å². The fraction of sp³-hybridized carbons (Fsp3) is 0.182. The highest BCUT2D eigenvalue weighted by Crippen LogP contribution is 2.10. The standard InChI is InChI=1S/C11H11ClO2/c12-7-6-10(11(13)14)8-9-4-2-1-3-5-9/h1-5,8H,6-7H2,(H,13,14). The molecule has 0 fully saturated rings. The summed E-state index contributed by atoms with van der Waals surface area (Å²) in [6, 6.07) is 9.34. The highest BCUT2D eigenvalue weighted by Gasteiger charge is 2.05. The van der Waals surface area contributed by atoms with Crippen LogP contribution in [0.15, 0.2) is 35.9 Å². The molecule has 0 bridgehead atoms. The van der Waals surface area contributed by atoms with Gasteiger partial charge in [0.1, 0.15) is 0 Å². The first kappa shape index (κ1) is 10.8. The van der Waals surface area contributed by atoms with Crippen molar-refractivity contribution in [3.8, 4) is 0 Å². The zero-order valence-electron chi connectivity index (χ0n) is 7.61. The van der Waals surface area contributed by atoms with Gasteiger partial charge in [-0.05, 0) is 18.1 Å². The molecule has 0 saturated heterocycles. The van der Waals surface area contributed by atoms with Crippen molar-refractivity contribution in [2.24, 2.45) is 0 Å². The molecule has 0 radical (unpaired) electrons. The fourth-order valence-electron chi connectivity index (χ4n) is 1.09. The van der Waals surface area contributed by atoms with Crippen LogP contribution in [0.25, 0.3) is 6.08 Å². The Bertz CT molecular complexity index is 330. The number of hydrogen-bond acceptors (Lipinski definition) is 1. The first-order chi connectivity index (χ1) is 6.74. The molecule has 0 atom stereocenters. The molecular formula is C11H11ClO2. The van der Waals surface area contributed by atoms with E-state index in [2.05, 4.69) is 0 Å². The first-order valence-electron chi connectivity index (χ1n) is 4.29. The number of carbonyl (C=O) groups is 1. The number of halogens is 1. The zero-order chi connectivity index (χ0) is 10.4. The van der Waals surface area contributed by atoms with E-state index in [4.69, 9.17) is 16.7 Å². The Kier molecular flexibility index (Phi) is 4.20. The summed E-state index contributed by atoms with van der Waals surface area (Å²) in [5.41, 5.74) is 1.22. The molecule has 0 aliphatic heterocycles. The second-order valence-corrected chi connectivity index (χ2v) is 3.20. The van der Waals surface area contributed by atoms with Crippen molar-refractivity contribution in [3.05, 3.63) is 41.5 Å². The number of alkyl halides is 1. The van der Waals surface area contributed by atoms with Crippen LogP contribution in [0.1, 0.15) is 12.0 Å². The molecule has 0 aliphatic carbocycles. The van der Waals surface area contributed by atoms with Gasteiger partial charge in [0.15, 0.2) is 0 Å². The minimum Gasteiger partial charge on any atom is -0.478 e. The van der Waals surface area contributed by atoms with Gasteiger partial charge in [-0.3, -0.25) is 0 Å². The van der Waals surface area contributed by atoms with Gasteiger partial charge in [-0.15, -0.1) is 11.6 Å². The Balaban J connectivity index is 2.88. The predicted molar refractivity (Wildman–Crippen MR) is 57.4 cm³/mol. The minimum atomic E-state index is -0.908. The third kappa shape index (κ3) is 3.23. The maximum atomic E-state index is 10.8. The lowest BCUT2D eigenvalue weighted by Gasteiger charge is -1.99. The summed E-state index contributed by atoms with van der Waals surface area (Å²) in [4.78, 5) is 10.8. The first-order valence-corrected chi connectivity index (χ1v) is 4.82. The smallest absolute Gasteiger partial charge is 0.331 e. The fourth-order valence-corrected chi connectivity index (χ4v) is 1.30. The van der Waals surface area contributed by atoms with Crippen molar-refractivity contribution in [2.45, 2.75) is 6.42 Å². The van der Waals surface area contributed by atoms with Crippen LogP contribution in [0, 0.1) is 0 Å². The molecule has 0 aliphatic rings. The predicted octanol–water partition coefficient (Wildman–Crippen LogP) is 2.78. The summed E-state index contributed by atoms with van der Waals surface area (Å²) >= 11 is 5.50. The quantitative estimate of drug-likeness (QED) is 0.613. The van der Waals surface area contributed by atoms with Gasteiger partial charge < -0.3 is 5.11 Å². The molecule has 0 heterocycles. The molecule has 0 aromatic heterocycles. The summed E-state index contributed by atoms with van der Waals surface area (Å²) in [7, 11) is 0. The van der Waals surface area contributed by atoms with E-state index in [0.717, 1.165) is 5.56 Å². The lowest BCUT2D eigenvalue weighted by atomic mass is 10.1. The zero-order valence-corrected chi connectivity index (χ0v) is 8.37. The average Bonchev–Trinajstić information content (AvgIpc) is 2.18. The van der Waals surface area contributed by atoms with Crippen molar-refractivity contribution in [1.82, 2.24) is 0 Å². The van der Waals surface area contributed by atoms with Crippen molar-refractivity contribution in [1.29, 1.82) is 0 Å². The van der Waals surface area contributed by atoms with Crippen LogP contribution >= 0.6 is 11.6 Å². The molecule has 0 spiro atoms. The van der Waals surface area contributed by atoms with Crippen LogP contribution in [-0.4, -0.2) is 17.0 Å². The Hall–Kier alpha value is -1.28. The molecule has 14 heavy (non-hydrogen) atoms. The van der Waals surface area contributed by atoms with Gasteiger partial charge in [-0.2, -0.15) is 0 Å². The van der Waals surface area contributed by atoms with Gasteiger partial charge in [0, 0.05) is 11.5 Å². The van der Waals surface area contributed by atoms with Gasteiger partial charge in [-0.25, -0.2) is 4.79 Å². The molecule has 0 unspecified atom stereocenters. The molecule has 2 nitrogen and oxygen atoms in total. The normalized spacial score (nSPS) is 11.4. The molecule has 3 heteroatoms. The second-order valence-electron chi connectivity index (χ2n) is 2.82. The molecule has 1 aromatic rings. The van der Waals surface area contributed by atoms with E-state index in [1.807, 2.05) is 30.3 Å². The van der Waals surface area contributed by atoms with Crippen LogP contribution < -0.4 is 0 Å². The van der Waals surface area contributed by atoms with Gasteiger partial charge in [0.25, 0.3) is 0 Å². The second kappa shape index (κ2) is 5.45. The Morgan fingerprint density at radius 2 is 2.00 bits per heavy atom. The van der Waals surface area contributed by atoms with Crippen molar-refractivity contribution in [3.63, 3.8) is 0 Å². The third-order valence-corrected chi connectivity index (χ3v) is 1.97. The third-order valence-electron chi connectivity index (χ3n) is 1.78. The van der Waals surface area contributed by atoms with Crippen molar-refractivity contribution < 1.29 is 9.90 Å². The average molecular weight is 211 g/mol. The number of aliphatic carboxylic acids is 1. The molecule has 1 N–H and O–H groups in total. The number of benzene rings is 1. The monoisotopic (exact) mass is 210 g/mol. The van der Waals surface area contributed by atoms with Crippen molar-refractivity contribution in [2.75, 3.05) is 5.88 Å². The molecule has 0 saturated carbocycles. The van der Waals surface area contributed by atoms with Crippen LogP contribution in [0.3, 0.4) is 0 Å². The maximum Gasteiger partial charge on any atom is 0.331 e. The summed E-state index contributed by atoms with van der Waals surface area (Å²) < 4.78 is 0.